The van der Waals surface area contributed by atoms with Crippen molar-refractivity contribution in [2.45, 2.75) is 24.3 Å². The van der Waals surface area contributed by atoms with Gasteiger partial charge in [-0.25, -0.2) is 8.42 Å². The maximum atomic E-state index is 12.0. The minimum atomic E-state index is -3.96. The molecule has 0 fully saturated rings. The van der Waals surface area contributed by atoms with E-state index in [2.05, 4.69) is 10.6 Å². The van der Waals surface area contributed by atoms with Gasteiger partial charge in [-0.15, -0.1) is 6.42 Å². The summed E-state index contributed by atoms with van der Waals surface area (Å²) in [6, 6.07) is 3.23. The summed E-state index contributed by atoms with van der Waals surface area (Å²) in [5.41, 5.74) is 3.71. The first kappa shape index (κ1) is 14.9. The molecule has 0 atom stereocenters. The molecule has 19 heavy (non-hydrogen) atoms. The number of hydrogen-bond donors (Lipinski definition) is 2. The van der Waals surface area contributed by atoms with Crippen LogP contribution in [0.5, 0.6) is 0 Å². The van der Waals surface area contributed by atoms with E-state index in [-0.39, 0.29) is 10.6 Å². The molecule has 1 rings (SSSR count). The topological polar surface area (TPSA) is 115 Å². The first-order valence-corrected chi connectivity index (χ1v) is 6.63. The number of terminal acetylenes is 1. The van der Waals surface area contributed by atoms with Gasteiger partial charge in [0.1, 0.15) is 5.69 Å². The number of benzene rings is 1. The lowest BCUT2D eigenvalue weighted by atomic mass is 10.1. The normalized spacial score (nSPS) is 11.8. The zero-order valence-electron chi connectivity index (χ0n) is 10.4. The third kappa shape index (κ3) is 3.43. The summed E-state index contributed by atoms with van der Waals surface area (Å²) < 4.78 is 26.3. The quantitative estimate of drug-likeness (QED) is 0.368. The van der Waals surface area contributed by atoms with Crippen LogP contribution in [0.1, 0.15) is 13.8 Å². The third-order valence-corrected chi connectivity index (χ3v) is 3.91. The molecule has 0 aliphatic rings. The fourth-order valence-electron chi connectivity index (χ4n) is 1.27. The van der Waals surface area contributed by atoms with Gasteiger partial charge < -0.3 is 5.73 Å². The maximum Gasteiger partial charge on any atom is 0.293 e. The number of anilines is 1. The van der Waals surface area contributed by atoms with Crippen LogP contribution in [-0.4, -0.2) is 18.9 Å². The highest BCUT2D eigenvalue weighted by atomic mass is 32.2. The molecule has 102 valence electrons. The number of nitro groups is 1. The van der Waals surface area contributed by atoms with E-state index in [4.69, 9.17) is 12.2 Å². The van der Waals surface area contributed by atoms with Gasteiger partial charge in [0.25, 0.3) is 5.69 Å². The average Bonchev–Trinajstić information content (AvgIpc) is 2.27. The number of sulfonamides is 1. The van der Waals surface area contributed by atoms with Crippen LogP contribution in [-0.2, 0) is 10.0 Å². The van der Waals surface area contributed by atoms with E-state index in [1.165, 1.54) is 19.9 Å². The van der Waals surface area contributed by atoms with Gasteiger partial charge >= 0.3 is 0 Å². The summed E-state index contributed by atoms with van der Waals surface area (Å²) in [6.45, 7) is 2.99. The number of nitrogens with two attached hydrogens (primary N) is 1. The predicted molar refractivity (Wildman–Crippen MR) is 70.7 cm³/mol. The Balaban J connectivity index is 3.28. The molecule has 0 radical (unpaired) electrons. The van der Waals surface area contributed by atoms with Crippen LogP contribution < -0.4 is 10.5 Å². The monoisotopic (exact) mass is 283 g/mol. The molecule has 0 aromatic heterocycles. The van der Waals surface area contributed by atoms with Gasteiger partial charge in [-0.2, -0.15) is 4.72 Å². The van der Waals surface area contributed by atoms with E-state index in [1.54, 1.807) is 0 Å². The molecular weight excluding hydrogens is 270 g/mol. The van der Waals surface area contributed by atoms with E-state index in [9.17, 15) is 18.5 Å². The first-order chi connectivity index (χ1) is 8.59. The van der Waals surface area contributed by atoms with Gasteiger partial charge in [-0.1, -0.05) is 5.92 Å². The molecule has 0 amide bonds. The second-order valence-electron chi connectivity index (χ2n) is 4.35. The number of hydrogen-bond acceptors (Lipinski definition) is 5. The Morgan fingerprint density at radius 2 is 2.05 bits per heavy atom. The van der Waals surface area contributed by atoms with E-state index in [0.29, 0.717) is 0 Å². The van der Waals surface area contributed by atoms with Crippen LogP contribution in [0.25, 0.3) is 0 Å². The minimum absolute atomic E-state index is 0.111. The van der Waals surface area contributed by atoms with Crippen molar-refractivity contribution in [2.24, 2.45) is 0 Å². The summed E-state index contributed by atoms with van der Waals surface area (Å²) >= 11 is 0. The molecular formula is C11H13N3O4S. The zero-order chi connectivity index (χ0) is 14.8. The molecule has 0 saturated carbocycles. The molecule has 1 aromatic carbocycles. The lowest BCUT2D eigenvalue weighted by molar-refractivity contribution is -0.384. The molecule has 0 spiro atoms. The zero-order valence-corrected chi connectivity index (χ0v) is 11.2. The molecule has 7 nitrogen and oxygen atoms in total. The highest BCUT2D eigenvalue weighted by molar-refractivity contribution is 7.89. The van der Waals surface area contributed by atoms with Gasteiger partial charge in [-0.05, 0) is 26.0 Å². The molecule has 8 heteroatoms. The Kier molecular flexibility index (Phi) is 3.83. The molecule has 0 unspecified atom stereocenters. The average molecular weight is 283 g/mol. The molecule has 0 aliphatic heterocycles. The number of nitrogen functional groups attached to an aromatic ring is 1. The van der Waals surface area contributed by atoms with E-state index < -0.39 is 26.2 Å². The summed E-state index contributed by atoms with van der Waals surface area (Å²) in [5.74, 6) is 2.27. The van der Waals surface area contributed by atoms with Gasteiger partial charge in [-0.3, -0.25) is 10.1 Å². The first-order valence-electron chi connectivity index (χ1n) is 5.15. The van der Waals surface area contributed by atoms with Gasteiger partial charge in [0, 0.05) is 6.07 Å². The van der Waals surface area contributed by atoms with Gasteiger partial charge in [0.15, 0.2) is 0 Å². The van der Waals surface area contributed by atoms with Crippen molar-refractivity contribution in [3.8, 4) is 12.3 Å². The Hall–Kier alpha value is -2.11. The summed E-state index contributed by atoms with van der Waals surface area (Å²) in [4.78, 5) is 9.70. The Morgan fingerprint density at radius 1 is 1.47 bits per heavy atom. The SMILES string of the molecule is C#CC(C)(C)NS(=O)(=O)c1ccc(N)c([N+](=O)[O-])c1. The second kappa shape index (κ2) is 4.87. The van der Waals surface area contributed by atoms with E-state index in [0.717, 1.165) is 12.1 Å². The van der Waals surface area contributed by atoms with Crippen molar-refractivity contribution >= 4 is 21.4 Å². The lowest BCUT2D eigenvalue weighted by Crippen LogP contribution is -2.41. The minimum Gasteiger partial charge on any atom is -0.393 e. The summed E-state index contributed by atoms with van der Waals surface area (Å²) in [7, 11) is -3.96. The highest BCUT2D eigenvalue weighted by Gasteiger charge is 2.26. The smallest absolute Gasteiger partial charge is 0.293 e. The number of nitrogens with zero attached hydrogens (tertiary/aromatic N) is 1. The maximum absolute atomic E-state index is 12.0. The Bertz CT molecular complexity index is 659. The van der Waals surface area contributed by atoms with Crippen molar-refractivity contribution < 1.29 is 13.3 Å². The Morgan fingerprint density at radius 3 is 2.53 bits per heavy atom. The van der Waals surface area contributed by atoms with Crippen molar-refractivity contribution in [1.82, 2.24) is 4.72 Å². The number of nitro benzene ring substituents is 1. The van der Waals surface area contributed by atoms with Crippen LogP contribution in [0.3, 0.4) is 0 Å². The summed E-state index contributed by atoms with van der Waals surface area (Å²) in [6.07, 6.45) is 5.19. The van der Waals surface area contributed by atoms with Crippen LogP contribution in [0.2, 0.25) is 0 Å². The fraction of sp³-hybridized carbons (Fsp3) is 0.273. The molecule has 0 aliphatic carbocycles. The largest absolute Gasteiger partial charge is 0.393 e. The van der Waals surface area contributed by atoms with Crippen molar-refractivity contribution in [3.05, 3.63) is 28.3 Å². The number of rotatable bonds is 4. The van der Waals surface area contributed by atoms with E-state index >= 15 is 0 Å². The van der Waals surface area contributed by atoms with Crippen LogP contribution in [0.4, 0.5) is 11.4 Å². The lowest BCUT2D eigenvalue weighted by Gasteiger charge is -2.19. The molecule has 0 saturated heterocycles. The number of nitrogens with one attached hydrogen (secondary N) is 1. The fourth-order valence-corrected chi connectivity index (χ4v) is 2.64. The van der Waals surface area contributed by atoms with Crippen LogP contribution in [0, 0.1) is 22.5 Å². The van der Waals surface area contributed by atoms with Crippen molar-refractivity contribution in [1.29, 1.82) is 0 Å². The molecule has 0 heterocycles. The van der Waals surface area contributed by atoms with Gasteiger partial charge in [0.05, 0.1) is 15.4 Å². The standard InChI is InChI=1S/C11H13N3O4S/c1-4-11(2,3)13-19(17,18)8-5-6-9(12)10(7-8)14(15)16/h1,5-7,13H,12H2,2-3H3. The van der Waals surface area contributed by atoms with Crippen LogP contribution >= 0.6 is 0 Å². The van der Waals surface area contributed by atoms with E-state index in [1.807, 2.05) is 0 Å². The predicted octanol–water partition coefficient (Wildman–Crippen LogP) is 0.867. The van der Waals surface area contributed by atoms with Gasteiger partial charge in [0.2, 0.25) is 10.0 Å². The highest BCUT2D eigenvalue weighted by Crippen LogP contribution is 2.25. The van der Waals surface area contributed by atoms with Crippen molar-refractivity contribution in [3.63, 3.8) is 0 Å². The third-order valence-electron chi connectivity index (χ3n) is 2.26. The Labute approximate surface area is 111 Å². The molecule has 3 N–H and O–H groups in total. The van der Waals surface area contributed by atoms with Crippen LogP contribution in [0.15, 0.2) is 23.1 Å². The molecule has 0 bridgehead atoms. The summed E-state index contributed by atoms with van der Waals surface area (Å²) in [5, 5.41) is 10.7. The second-order valence-corrected chi connectivity index (χ2v) is 6.03. The van der Waals surface area contributed by atoms with Crippen molar-refractivity contribution in [2.75, 3.05) is 5.73 Å². The molecule has 1 aromatic rings.